The summed E-state index contributed by atoms with van der Waals surface area (Å²) < 4.78 is 0. The summed E-state index contributed by atoms with van der Waals surface area (Å²) in [6, 6.07) is 5.63. The van der Waals surface area contributed by atoms with Gasteiger partial charge in [0.25, 0.3) is 0 Å². The Bertz CT molecular complexity index is 407. The summed E-state index contributed by atoms with van der Waals surface area (Å²) in [4.78, 5) is 13.7. The van der Waals surface area contributed by atoms with E-state index in [4.69, 9.17) is 11.6 Å². The third kappa shape index (κ3) is 4.00. The van der Waals surface area contributed by atoms with Crippen molar-refractivity contribution in [3.63, 3.8) is 0 Å². The molecule has 0 aliphatic carbocycles. The van der Waals surface area contributed by atoms with Crippen LogP contribution in [0.4, 0.5) is 5.69 Å². The number of carbonyl (C=O) groups excluding carboxylic acids is 1. The van der Waals surface area contributed by atoms with Crippen LogP contribution in [-0.2, 0) is 4.79 Å². The average molecular weight is 269 g/mol. The maximum atomic E-state index is 12.0. The van der Waals surface area contributed by atoms with Crippen LogP contribution in [0, 0.1) is 6.92 Å². The first-order valence-electron chi connectivity index (χ1n) is 6.24. The highest BCUT2D eigenvalue weighted by Crippen LogP contribution is 2.26. The van der Waals surface area contributed by atoms with Crippen molar-refractivity contribution < 1.29 is 4.79 Å². The molecule has 0 unspecified atom stereocenters. The Labute approximate surface area is 114 Å². The van der Waals surface area contributed by atoms with Crippen molar-refractivity contribution in [1.82, 2.24) is 5.32 Å². The van der Waals surface area contributed by atoms with Crippen LogP contribution in [0.5, 0.6) is 0 Å². The van der Waals surface area contributed by atoms with Crippen molar-refractivity contribution in [3.8, 4) is 0 Å². The van der Waals surface area contributed by atoms with Crippen molar-refractivity contribution in [2.75, 3.05) is 25.5 Å². The zero-order chi connectivity index (χ0) is 13.5. The molecule has 0 aliphatic rings. The second-order valence-corrected chi connectivity index (χ2v) is 4.80. The third-order valence-corrected chi connectivity index (χ3v) is 3.45. The van der Waals surface area contributed by atoms with Crippen molar-refractivity contribution in [2.24, 2.45) is 0 Å². The molecule has 100 valence electrons. The number of nitrogens with one attached hydrogen (secondary N) is 1. The molecule has 3 nitrogen and oxygen atoms in total. The van der Waals surface area contributed by atoms with Gasteiger partial charge < -0.3 is 10.2 Å². The van der Waals surface area contributed by atoms with E-state index in [1.54, 1.807) is 11.9 Å². The molecule has 0 aliphatic heterocycles. The molecule has 0 saturated carbocycles. The normalized spacial score (nSPS) is 10.4. The zero-order valence-corrected chi connectivity index (χ0v) is 12.0. The molecule has 1 aromatic carbocycles. The number of amides is 1. The fourth-order valence-electron chi connectivity index (χ4n) is 1.84. The number of unbranched alkanes of at least 4 members (excludes halogenated alkanes) is 1. The molecule has 1 aromatic rings. The van der Waals surface area contributed by atoms with Gasteiger partial charge in [0, 0.05) is 24.2 Å². The molecule has 0 atom stereocenters. The Morgan fingerprint density at radius 3 is 2.78 bits per heavy atom. The summed E-state index contributed by atoms with van der Waals surface area (Å²) in [5.74, 6) is 0.136. The zero-order valence-electron chi connectivity index (χ0n) is 11.3. The topological polar surface area (TPSA) is 32.3 Å². The summed E-state index contributed by atoms with van der Waals surface area (Å²) in [6.07, 6.45) is 2.50. The van der Waals surface area contributed by atoms with Crippen molar-refractivity contribution in [2.45, 2.75) is 26.2 Å². The van der Waals surface area contributed by atoms with Gasteiger partial charge in [-0.25, -0.2) is 0 Å². The Morgan fingerprint density at radius 1 is 1.39 bits per heavy atom. The van der Waals surface area contributed by atoms with E-state index >= 15 is 0 Å². The highest BCUT2D eigenvalue weighted by molar-refractivity contribution is 6.31. The lowest BCUT2D eigenvalue weighted by Crippen LogP contribution is -2.26. The predicted molar refractivity (Wildman–Crippen MR) is 77.4 cm³/mol. The lowest BCUT2D eigenvalue weighted by molar-refractivity contribution is -0.118. The highest BCUT2D eigenvalue weighted by Gasteiger charge is 2.13. The predicted octanol–water partition coefficient (Wildman–Crippen LogP) is 3.00. The Balaban J connectivity index is 2.60. The number of nitrogens with zero attached hydrogens (tertiary/aromatic N) is 1. The molecule has 0 radical (unpaired) electrons. The van der Waals surface area contributed by atoms with Crippen molar-refractivity contribution >= 4 is 23.2 Å². The van der Waals surface area contributed by atoms with Gasteiger partial charge in [-0.3, -0.25) is 4.79 Å². The minimum Gasteiger partial charge on any atom is -0.320 e. The van der Waals surface area contributed by atoms with Gasteiger partial charge in [-0.2, -0.15) is 0 Å². The van der Waals surface area contributed by atoms with Gasteiger partial charge in [-0.05, 0) is 51.1 Å². The molecule has 1 rings (SSSR count). The van der Waals surface area contributed by atoms with Crippen LogP contribution < -0.4 is 10.2 Å². The second kappa shape index (κ2) is 7.39. The second-order valence-electron chi connectivity index (χ2n) is 4.40. The summed E-state index contributed by atoms with van der Waals surface area (Å²) in [6.45, 7) is 2.88. The first-order valence-corrected chi connectivity index (χ1v) is 6.62. The molecule has 0 saturated heterocycles. The smallest absolute Gasteiger partial charge is 0.226 e. The molecule has 0 heterocycles. The third-order valence-electron chi connectivity index (χ3n) is 3.04. The van der Waals surface area contributed by atoms with Crippen LogP contribution >= 0.6 is 11.6 Å². The summed E-state index contributed by atoms with van der Waals surface area (Å²) in [5.41, 5.74) is 1.84. The molecule has 1 N–H and O–H groups in total. The van der Waals surface area contributed by atoms with Gasteiger partial charge >= 0.3 is 0 Å². The lowest BCUT2D eigenvalue weighted by Gasteiger charge is -2.20. The summed E-state index contributed by atoms with van der Waals surface area (Å²) in [5, 5.41) is 3.77. The minimum absolute atomic E-state index is 0.136. The van der Waals surface area contributed by atoms with E-state index < -0.39 is 0 Å². The van der Waals surface area contributed by atoms with Crippen LogP contribution in [0.15, 0.2) is 18.2 Å². The quantitative estimate of drug-likeness (QED) is 0.805. The van der Waals surface area contributed by atoms with Crippen LogP contribution in [0.25, 0.3) is 0 Å². The fourth-order valence-corrected chi connectivity index (χ4v) is 2.01. The molecule has 4 heteroatoms. The van der Waals surface area contributed by atoms with E-state index in [1.807, 2.05) is 32.2 Å². The average Bonchev–Trinajstić information content (AvgIpc) is 2.37. The number of halogens is 1. The van der Waals surface area contributed by atoms with E-state index in [2.05, 4.69) is 5.32 Å². The Kier molecular flexibility index (Phi) is 6.16. The van der Waals surface area contributed by atoms with Crippen molar-refractivity contribution in [3.05, 3.63) is 28.8 Å². The van der Waals surface area contributed by atoms with Gasteiger partial charge in [0.1, 0.15) is 0 Å². The molecule has 18 heavy (non-hydrogen) atoms. The number of hydrogen-bond donors (Lipinski definition) is 1. The van der Waals surface area contributed by atoms with Gasteiger partial charge in [-0.1, -0.05) is 17.7 Å². The number of rotatable bonds is 6. The summed E-state index contributed by atoms with van der Waals surface area (Å²) in [7, 11) is 3.72. The van der Waals surface area contributed by atoms with Crippen LogP contribution in [0.2, 0.25) is 5.02 Å². The standard InChI is InChI=1S/C14H21ClN2O/c1-11-12(15)7-6-8-13(11)17(3)14(18)9-4-5-10-16-2/h6-8,16H,4-5,9-10H2,1-3H3. The fraction of sp³-hybridized carbons (Fsp3) is 0.500. The molecule has 1 amide bonds. The van der Waals surface area contributed by atoms with Crippen LogP contribution in [0.3, 0.4) is 0 Å². The van der Waals surface area contributed by atoms with E-state index in [0.717, 1.165) is 30.6 Å². The van der Waals surface area contributed by atoms with E-state index in [0.29, 0.717) is 11.4 Å². The van der Waals surface area contributed by atoms with Crippen LogP contribution in [-0.4, -0.2) is 26.5 Å². The Hall–Kier alpha value is -1.06. The number of anilines is 1. The maximum absolute atomic E-state index is 12.0. The van der Waals surface area contributed by atoms with Gasteiger partial charge in [0.05, 0.1) is 0 Å². The first-order chi connectivity index (χ1) is 8.57. The number of benzene rings is 1. The minimum atomic E-state index is 0.136. The molecular formula is C14H21ClN2O. The molecule has 0 bridgehead atoms. The molecule has 0 aromatic heterocycles. The monoisotopic (exact) mass is 268 g/mol. The largest absolute Gasteiger partial charge is 0.320 e. The lowest BCUT2D eigenvalue weighted by atomic mass is 10.1. The SMILES string of the molecule is CNCCCCC(=O)N(C)c1cccc(Cl)c1C. The van der Waals surface area contributed by atoms with Crippen LogP contribution in [0.1, 0.15) is 24.8 Å². The molecule has 0 spiro atoms. The summed E-state index contributed by atoms with van der Waals surface area (Å²) >= 11 is 6.06. The first kappa shape index (κ1) is 15.0. The van der Waals surface area contributed by atoms with Gasteiger partial charge in [0.15, 0.2) is 0 Å². The number of carbonyl (C=O) groups is 1. The van der Waals surface area contributed by atoms with E-state index in [1.165, 1.54) is 0 Å². The molecule has 0 fully saturated rings. The highest BCUT2D eigenvalue weighted by atomic mass is 35.5. The Morgan fingerprint density at radius 2 is 2.11 bits per heavy atom. The van der Waals surface area contributed by atoms with E-state index in [-0.39, 0.29) is 5.91 Å². The van der Waals surface area contributed by atoms with Crippen molar-refractivity contribution in [1.29, 1.82) is 0 Å². The molecular weight excluding hydrogens is 248 g/mol. The maximum Gasteiger partial charge on any atom is 0.226 e. The number of hydrogen-bond acceptors (Lipinski definition) is 2. The van der Waals surface area contributed by atoms with E-state index in [9.17, 15) is 4.79 Å². The van der Waals surface area contributed by atoms with Gasteiger partial charge in [-0.15, -0.1) is 0 Å². The van der Waals surface area contributed by atoms with Gasteiger partial charge in [0.2, 0.25) is 5.91 Å².